The maximum absolute atomic E-state index is 13.0. The van der Waals surface area contributed by atoms with E-state index in [0.717, 1.165) is 17.7 Å². The predicted octanol–water partition coefficient (Wildman–Crippen LogP) is 3.84. The van der Waals surface area contributed by atoms with Crippen molar-refractivity contribution in [2.45, 2.75) is 4.90 Å². The number of hydrogen-bond acceptors (Lipinski definition) is 7. The lowest BCUT2D eigenvalue weighted by Crippen LogP contribution is -2.18. The highest BCUT2D eigenvalue weighted by atomic mass is 32.2. The second kappa shape index (κ2) is 8.15. The van der Waals surface area contributed by atoms with E-state index in [-0.39, 0.29) is 30.4 Å². The van der Waals surface area contributed by atoms with Crippen molar-refractivity contribution in [1.29, 1.82) is 0 Å². The molecule has 10 heteroatoms. The van der Waals surface area contributed by atoms with Gasteiger partial charge in [-0.1, -0.05) is 30.3 Å². The summed E-state index contributed by atoms with van der Waals surface area (Å²) in [6.07, 6.45) is 0. The summed E-state index contributed by atoms with van der Waals surface area (Å²) in [5.74, 6) is 0.903. The maximum atomic E-state index is 13.0. The molecule has 3 aromatic rings. The Morgan fingerprint density at radius 3 is 2.42 bits per heavy atom. The standard InChI is InChI=1S/C21H18N2O7S/c1-28-18-8-3-2-7-16(18)14-5-4-6-15(11-14)22-31(26,27)21-13-20-19(29-9-10-30-20)12-17(21)23(24)25/h2-8,11-13,22H,9-10H2,1H3. The second-order valence-electron chi connectivity index (χ2n) is 6.61. The van der Waals surface area contributed by atoms with Crippen LogP contribution in [0.4, 0.5) is 11.4 Å². The molecule has 3 aromatic carbocycles. The van der Waals surface area contributed by atoms with Gasteiger partial charge < -0.3 is 14.2 Å². The van der Waals surface area contributed by atoms with E-state index in [9.17, 15) is 18.5 Å². The number of methoxy groups -OCH3 is 1. The number of nitrogens with one attached hydrogen (secondary N) is 1. The van der Waals surface area contributed by atoms with Crippen molar-refractivity contribution in [1.82, 2.24) is 0 Å². The largest absolute Gasteiger partial charge is 0.496 e. The van der Waals surface area contributed by atoms with E-state index in [0.29, 0.717) is 11.3 Å². The van der Waals surface area contributed by atoms with Gasteiger partial charge in [0.05, 0.1) is 18.1 Å². The van der Waals surface area contributed by atoms with E-state index in [4.69, 9.17) is 14.2 Å². The zero-order valence-corrected chi connectivity index (χ0v) is 17.2. The number of nitro groups is 1. The number of anilines is 1. The molecule has 1 aliphatic heterocycles. The average Bonchev–Trinajstić information content (AvgIpc) is 2.78. The number of hydrogen-bond donors (Lipinski definition) is 1. The minimum Gasteiger partial charge on any atom is -0.496 e. The third-order valence-corrected chi connectivity index (χ3v) is 6.05. The quantitative estimate of drug-likeness (QED) is 0.455. The van der Waals surface area contributed by atoms with Crippen LogP contribution >= 0.6 is 0 Å². The number of para-hydroxylation sites is 1. The van der Waals surface area contributed by atoms with Crippen LogP contribution in [0.2, 0.25) is 0 Å². The van der Waals surface area contributed by atoms with E-state index in [1.54, 1.807) is 31.4 Å². The lowest BCUT2D eigenvalue weighted by molar-refractivity contribution is -0.387. The summed E-state index contributed by atoms with van der Waals surface area (Å²) in [5.41, 5.74) is 1.14. The lowest BCUT2D eigenvalue weighted by Gasteiger charge is -2.19. The molecular weight excluding hydrogens is 424 g/mol. The summed E-state index contributed by atoms with van der Waals surface area (Å²) in [7, 11) is -2.75. The third kappa shape index (κ3) is 4.10. The zero-order chi connectivity index (χ0) is 22.0. The molecule has 0 saturated carbocycles. The first-order chi connectivity index (χ1) is 14.9. The van der Waals surface area contributed by atoms with Gasteiger partial charge in [-0.25, -0.2) is 8.42 Å². The van der Waals surface area contributed by atoms with Crippen LogP contribution in [-0.2, 0) is 10.0 Å². The first-order valence-electron chi connectivity index (χ1n) is 9.23. The minimum atomic E-state index is -4.30. The molecule has 1 heterocycles. The van der Waals surface area contributed by atoms with Crippen LogP contribution in [0.5, 0.6) is 17.2 Å². The SMILES string of the molecule is COc1ccccc1-c1cccc(NS(=O)(=O)c2cc3c(cc2[N+](=O)[O-])OCCO3)c1. The highest BCUT2D eigenvalue weighted by Gasteiger charge is 2.30. The van der Waals surface area contributed by atoms with Crippen LogP contribution in [0.1, 0.15) is 0 Å². The molecular formula is C21H18N2O7S. The normalized spacial score (nSPS) is 12.8. The van der Waals surface area contributed by atoms with Gasteiger partial charge in [-0.3, -0.25) is 14.8 Å². The van der Waals surface area contributed by atoms with Gasteiger partial charge in [0.15, 0.2) is 16.4 Å². The Morgan fingerprint density at radius 2 is 1.71 bits per heavy atom. The molecule has 1 aliphatic rings. The second-order valence-corrected chi connectivity index (χ2v) is 8.26. The number of rotatable bonds is 6. The monoisotopic (exact) mass is 442 g/mol. The van der Waals surface area contributed by atoms with Crippen LogP contribution in [0.25, 0.3) is 11.1 Å². The van der Waals surface area contributed by atoms with Gasteiger partial charge in [0, 0.05) is 17.3 Å². The summed E-state index contributed by atoms with van der Waals surface area (Å²) in [6, 6.07) is 16.2. The van der Waals surface area contributed by atoms with Crippen molar-refractivity contribution in [3.05, 3.63) is 70.8 Å². The Bertz CT molecular complexity index is 1260. The molecule has 0 unspecified atom stereocenters. The average molecular weight is 442 g/mol. The van der Waals surface area contributed by atoms with Crippen LogP contribution < -0.4 is 18.9 Å². The molecule has 0 amide bonds. The van der Waals surface area contributed by atoms with Gasteiger partial charge in [0.2, 0.25) is 0 Å². The molecule has 0 spiro atoms. The smallest absolute Gasteiger partial charge is 0.293 e. The number of fused-ring (bicyclic) bond motifs is 1. The van der Waals surface area contributed by atoms with Crippen molar-refractivity contribution in [2.24, 2.45) is 0 Å². The highest BCUT2D eigenvalue weighted by Crippen LogP contribution is 2.39. The summed E-state index contributed by atoms with van der Waals surface area (Å²) < 4.78 is 44.6. The lowest BCUT2D eigenvalue weighted by atomic mass is 10.0. The van der Waals surface area contributed by atoms with Crippen LogP contribution in [0, 0.1) is 10.1 Å². The first-order valence-corrected chi connectivity index (χ1v) is 10.7. The maximum Gasteiger partial charge on any atom is 0.293 e. The zero-order valence-electron chi connectivity index (χ0n) is 16.4. The van der Waals surface area contributed by atoms with E-state index in [1.165, 1.54) is 0 Å². The van der Waals surface area contributed by atoms with Crippen molar-refractivity contribution < 1.29 is 27.6 Å². The van der Waals surface area contributed by atoms with Crippen molar-refractivity contribution in [3.8, 4) is 28.4 Å². The van der Waals surface area contributed by atoms with Gasteiger partial charge in [0.25, 0.3) is 15.7 Å². The van der Waals surface area contributed by atoms with Gasteiger partial charge in [0.1, 0.15) is 19.0 Å². The molecule has 9 nitrogen and oxygen atoms in total. The van der Waals surface area contributed by atoms with E-state index >= 15 is 0 Å². The number of benzene rings is 3. The van der Waals surface area contributed by atoms with Crippen molar-refractivity contribution in [2.75, 3.05) is 25.0 Å². The molecule has 0 aliphatic carbocycles. The summed E-state index contributed by atoms with van der Waals surface area (Å²) >= 11 is 0. The molecule has 31 heavy (non-hydrogen) atoms. The Kier molecular flexibility index (Phi) is 5.38. The van der Waals surface area contributed by atoms with E-state index in [2.05, 4.69) is 4.72 Å². The molecule has 1 N–H and O–H groups in total. The molecule has 4 rings (SSSR count). The number of sulfonamides is 1. The van der Waals surface area contributed by atoms with E-state index in [1.807, 2.05) is 24.3 Å². The van der Waals surface area contributed by atoms with Gasteiger partial charge in [-0.15, -0.1) is 0 Å². The first kappa shape index (κ1) is 20.5. The summed E-state index contributed by atoms with van der Waals surface area (Å²) in [6.45, 7) is 0.447. The Balaban J connectivity index is 1.73. The molecule has 0 atom stereocenters. The van der Waals surface area contributed by atoms with Gasteiger partial charge >= 0.3 is 0 Å². The van der Waals surface area contributed by atoms with Crippen LogP contribution in [0.15, 0.2) is 65.6 Å². The highest BCUT2D eigenvalue weighted by molar-refractivity contribution is 7.92. The van der Waals surface area contributed by atoms with E-state index < -0.39 is 25.5 Å². The number of nitro benzene ring substituents is 1. The number of ether oxygens (including phenoxy) is 3. The fourth-order valence-corrected chi connectivity index (χ4v) is 4.48. The van der Waals surface area contributed by atoms with Gasteiger partial charge in [-0.05, 0) is 23.8 Å². The topological polar surface area (TPSA) is 117 Å². The fraction of sp³-hybridized carbons (Fsp3) is 0.143. The predicted molar refractivity (Wildman–Crippen MR) is 113 cm³/mol. The Hall–Kier alpha value is -3.79. The molecule has 0 saturated heterocycles. The van der Waals surface area contributed by atoms with Crippen molar-refractivity contribution >= 4 is 21.4 Å². The summed E-state index contributed by atoms with van der Waals surface area (Å²) in [5, 5.41) is 11.5. The molecule has 0 aromatic heterocycles. The Morgan fingerprint density at radius 1 is 1.00 bits per heavy atom. The van der Waals surface area contributed by atoms with Crippen LogP contribution in [-0.4, -0.2) is 33.7 Å². The number of nitrogens with zero attached hydrogens (tertiary/aromatic N) is 1. The molecule has 0 radical (unpaired) electrons. The Labute approximate surface area is 178 Å². The molecule has 0 bridgehead atoms. The van der Waals surface area contributed by atoms with Crippen LogP contribution in [0.3, 0.4) is 0 Å². The summed E-state index contributed by atoms with van der Waals surface area (Å²) in [4.78, 5) is 10.2. The fourth-order valence-electron chi connectivity index (χ4n) is 3.26. The van der Waals surface area contributed by atoms with Gasteiger partial charge in [-0.2, -0.15) is 0 Å². The molecule has 0 fully saturated rings. The van der Waals surface area contributed by atoms with Crippen molar-refractivity contribution in [3.63, 3.8) is 0 Å². The molecule has 160 valence electrons. The minimum absolute atomic E-state index is 0.134. The third-order valence-electron chi connectivity index (χ3n) is 4.64.